The standard InChI is InChI=1S/C23H22ClNO2/c1-2-21(27-20-15-9-14-19(24)16-20)23(26)25-22(17-10-5-3-6-11-17)18-12-7-4-8-13-18/h3-16,21-22H,2H2,1H3,(H,25,26). The third-order valence-corrected chi connectivity index (χ3v) is 4.53. The minimum atomic E-state index is -0.599. The Morgan fingerprint density at radius 2 is 1.52 bits per heavy atom. The van der Waals surface area contributed by atoms with Gasteiger partial charge < -0.3 is 10.1 Å². The van der Waals surface area contributed by atoms with E-state index in [0.717, 1.165) is 11.1 Å². The Labute approximate surface area is 164 Å². The number of benzene rings is 3. The molecule has 0 saturated heterocycles. The van der Waals surface area contributed by atoms with Gasteiger partial charge in [-0.15, -0.1) is 0 Å². The number of nitrogens with one attached hydrogen (secondary N) is 1. The molecule has 0 aliphatic rings. The summed E-state index contributed by atoms with van der Waals surface area (Å²) < 4.78 is 5.88. The van der Waals surface area contributed by atoms with Crippen LogP contribution in [0.3, 0.4) is 0 Å². The molecule has 0 saturated carbocycles. The molecule has 1 amide bonds. The highest BCUT2D eigenvalue weighted by atomic mass is 35.5. The highest BCUT2D eigenvalue weighted by Crippen LogP contribution is 2.23. The van der Waals surface area contributed by atoms with E-state index in [1.165, 1.54) is 0 Å². The van der Waals surface area contributed by atoms with E-state index < -0.39 is 6.10 Å². The normalized spacial score (nSPS) is 11.8. The van der Waals surface area contributed by atoms with Crippen LogP contribution in [-0.2, 0) is 4.79 Å². The largest absolute Gasteiger partial charge is 0.481 e. The lowest BCUT2D eigenvalue weighted by Crippen LogP contribution is -2.40. The summed E-state index contributed by atoms with van der Waals surface area (Å²) in [4.78, 5) is 13.0. The van der Waals surface area contributed by atoms with Crippen molar-refractivity contribution in [1.82, 2.24) is 5.32 Å². The van der Waals surface area contributed by atoms with Gasteiger partial charge in [-0.25, -0.2) is 0 Å². The van der Waals surface area contributed by atoms with Crippen molar-refractivity contribution in [1.29, 1.82) is 0 Å². The lowest BCUT2D eigenvalue weighted by molar-refractivity contribution is -0.128. The van der Waals surface area contributed by atoms with Crippen molar-refractivity contribution in [3.8, 4) is 5.75 Å². The lowest BCUT2D eigenvalue weighted by Gasteiger charge is -2.24. The number of hydrogen-bond acceptors (Lipinski definition) is 2. The molecule has 3 nitrogen and oxygen atoms in total. The minimum Gasteiger partial charge on any atom is -0.481 e. The van der Waals surface area contributed by atoms with Gasteiger partial charge in [0.05, 0.1) is 6.04 Å². The molecular formula is C23H22ClNO2. The van der Waals surface area contributed by atoms with E-state index in [-0.39, 0.29) is 11.9 Å². The smallest absolute Gasteiger partial charge is 0.261 e. The number of amides is 1. The van der Waals surface area contributed by atoms with Crippen LogP contribution in [-0.4, -0.2) is 12.0 Å². The van der Waals surface area contributed by atoms with Crippen LogP contribution < -0.4 is 10.1 Å². The first-order valence-corrected chi connectivity index (χ1v) is 9.37. The highest BCUT2D eigenvalue weighted by molar-refractivity contribution is 6.30. The second-order valence-corrected chi connectivity index (χ2v) is 6.67. The summed E-state index contributed by atoms with van der Waals surface area (Å²) in [7, 11) is 0. The highest BCUT2D eigenvalue weighted by Gasteiger charge is 2.23. The van der Waals surface area contributed by atoms with Crippen molar-refractivity contribution in [2.45, 2.75) is 25.5 Å². The maximum Gasteiger partial charge on any atom is 0.261 e. The molecule has 0 heterocycles. The van der Waals surface area contributed by atoms with Gasteiger partial charge in [0, 0.05) is 5.02 Å². The van der Waals surface area contributed by atoms with Crippen molar-refractivity contribution in [2.24, 2.45) is 0 Å². The van der Waals surface area contributed by atoms with Crippen LogP contribution in [0.15, 0.2) is 84.9 Å². The summed E-state index contributed by atoms with van der Waals surface area (Å²) in [5.41, 5.74) is 2.05. The summed E-state index contributed by atoms with van der Waals surface area (Å²) >= 11 is 6.01. The molecule has 0 aliphatic heterocycles. The first-order chi connectivity index (χ1) is 13.2. The second-order valence-electron chi connectivity index (χ2n) is 6.24. The summed E-state index contributed by atoms with van der Waals surface area (Å²) in [6, 6.07) is 26.7. The number of hydrogen-bond donors (Lipinski definition) is 1. The fourth-order valence-corrected chi connectivity index (χ4v) is 3.09. The van der Waals surface area contributed by atoms with E-state index in [1.807, 2.05) is 67.6 Å². The Kier molecular flexibility index (Phi) is 6.50. The zero-order chi connectivity index (χ0) is 19.1. The molecule has 1 unspecified atom stereocenters. The zero-order valence-electron chi connectivity index (χ0n) is 15.1. The lowest BCUT2D eigenvalue weighted by atomic mass is 9.98. The van der Waals surface area contributed by atoms with E-state index in [2.05, 4.69) is 5.32 Å². The van der Waals surface area contributed by atoms with Gasteiger partial charge >= 0.3 is 0 Å². The number of rotatable bonds is 7. The van der Waals surface area contributed by atoms with Crippen molar-refractivity contribution in [3.05, 3.63) is 101 Å². The Balaban J connectivity index is 1.80. The van der Waals surface area contributed by atoms with Gasteiger partial charge in [-0.2, -0.15) is 0 Å². The number of ether oxygens (including phenoxy) is 1. The van der Waals surface area contributed by atoms with Gasteiger partial charge in [-0.1, -0.05) is 85.3 Å². The maximum absolute atomic E-state index is 13.0. The topological polar surface area (TPSA) is 38.3 Å². The molecule has 0 radical (unpaired) electrons. The summed E-state index contributed by atoms with van der Waals surface area (Å²) in [6.45, 7) is 1.93. The predicted molar refractivity (Wildman–Crippen MR) is 109 cm³/mol. The number of halogens is 1. The first kappa shape index (κ1) is 19.0. The van der Waals surface area contributed by atoms with Crippen molar-refractivity contribution >= 4 is 17.5 Å². The van der Waals surface area contributed by atoms with Gasteiger partial charge in [0.2, 0.25) is 0 Å². The van der Waals surface area contributed by atoms with E-state index >= 15 is 0 Å². The van der Waals surface area contributed by atoms with Gasteiger partial charge in [-0.3, -0.25) is 4.79 Å². The average Bonchev–Trinajstić information content (AvgIpc) is 2.71. The van der Waals surface area contributed by atoms with E-state index in [4.69, 9.17) is 16.3 Å². The molecule has 138 valence electrons. The van der Waals surface area contributed by atoms with Crippen LogP contribution in [0.25, 0.3) is 0 Å². The molecule has 1 atom stereocenters. The fraction of sp³-hybridized carbons (Fsp3) is 0.174. The molecule has 0 fully saturated rings. The van der Waals surface area contributed by atoms with Crippen molar-refractivity contribution in [3.63, 3.8) is 0 Å². The minimum absolute atomic E-state index is 0.157. The third-order valence-electron chi connectivity index (χ3n) is 4.29. The van der Waals surface area contributed by atoms with Gasteiger partial charge in [0.1, 0.15) is 5.75 Å². The van der Waals surface area contributed by atoms with Crippen LogP contribution in [0.4, 0.5) is 0 Å². The Bertz CT molecular complexity index is 828. The molecule has 0 bridgehead atoms. The Morgan fingerprint density at radius 3 is 2.04 bits per heavy atom. The Hall–Kier alpha value is -2.78. The van der Waals surface area contributed by atoms with Crippen LogP contribution in [0.1, 0.15) is 30.5 Å². The molecule has 3 aromatic carbocycles. The van der Waals surface area contributed by atoms with Gasteiger partial charge in [-0.05, 0) is 35.7 Å². The second kappa shape index (κ2) is 9.24. The molecule has 4 heteroatoms. The van der Waals surface area contributed by atoms with Crippen molar-refractivity contribution < 1.29 is 9.53 Å². The van der Waals surface area contributed by atoms with Crippen LogP contribution >= 0.6 is 11.6 Å². The SMILES string of the molecule is CCC(Oc1cccc(Cl)c1)C(=O)NC(c1ccccc1)c1ccccc1. The molecule has 0 aromatic heterocycles. The molecule has 1 N–H and O–H groups in total. The number of carbonyl (C=O) groups is 1. The van der Waals surface area contributed by atoms with Crippen LogP contribution in [0.5, 0.6) is 5.75 Å². The van der Waals surface area contributed by atoms with Crippen LogP contribution in [0, 0.1) is 0 Å². The van der Waals surface area contributed by atoms with E-state index in [1.54, 1.807) is 24.3 Å². The third kappa shape index (κ3) is 5.11. The quantitative estimate of drug-likeness (QED) is 0.596. The monoisotopic (exact) mass is 379 g/mol. The van der Waals surface area contributed by atoms with Crippen molar-refractivity contribution in [2.75, 3.05) is 0 Å². The molecule has 0 spiro atoms. The predicted octanol–water partition coefficient (Wildman–Crippen LogP) is 5.40. The average molecular weight is 380 g/mol. The van der Waals surface area contributed by atoms with Gasteiger partial charge in [0.15, 0.2) is 6.10 Å². The first-order valence-electron chi connectivity index (χ1n) is 9.00. The van der Waals surface area contributed by atoms with E-state index in [9.17, 15) is 4.79 Å². The maximum atomic E-state index is 13.0. The fourth-order valence-electron chi connectivity index (χ4n) is 2.91. The molecule has 3 rings (SSSR count). The summed E-state index contributed by atoms with van der Waals surface area (Å²) in [6.07, 6.45) is -0.0485. The molecule has 3 aromatic rings. The van der Waals surface area contributed by atoms with Gasteiger partial charge in [0.25, 0.3) is 5.91 Å². The van der Waals surface area contributed by atoms with Crippen LogP contribution in [0.2, 0.25) is 5.02 Å². The summed E-state index contributed by atoms with van der Waals surface area (Å²) in [5, 5.41) is 3.72. The number of carbonyl (C=O) groups excluding carboxylic acids is 1. The van der Waals surface area contributed by atoms with E-state index in [0.29, 0.717) is 17.2 Å². The molecule has 27 heavy (non-hydrogen) atoms. The summed E-state index contributed by atoms with van der Waals surface area (Å²) in [5.74, 6) is 0.427. The Morgan fingerprint density at radius 1 is 0.926 bits per heavy atom. The molecular weight excluding hydrogens is 358 g/mol. The zero-order valence-corrected chi connectivity index (χ0v) is 15.9. The molecule has 0 aliphatic carbocycles.